The van der Waals surface area contributed by atoms with E-state index in [2.05, 4.69) is 37.6 Å². The molecule has 2 N–H and O–H groups in total. The van der Waals surface area contributed by atoms with E-state index in [-0.39, 0.29) is 11.9 Å². The number of nitrogens with zero attached hydrogens (tertiary/aromatic N) is 3. The van der Waals surface area contributed by atoms with Crippen molar-refractivity contribution in [3.63, 3.8) is 0 Å². The van der Waals surface area contributed by atoms with Crippen LogP contribution in [0.15, 0.2) is 91.1 Å². The second kappa shape index (κ2) is 12.3. The van der Waals surface area contributed by atoms with Crippen molar-refractivity contribution in [2.75, 3.05) is 50.2 Å². The van der Waals surface area contributed by atoms with Gasteiger partial charge in [0, 0.05) is 48.9 Å². The van der Waals surface area contributed by atoms with Gasteiger partial charge >= 0.3 is 0 Å². The number of carbonyl (C=O) groups excluding carboxylic acids is 1. The third kappa shape index (κ3) is 6.34. The lowest BCUT2D eigenvalue weighted by molar-refractivity contribution is 0.0896. The van der Waals surface area contributed by atoms with Crippen LogP contribution in [-0.2, 0) is 9.47 Å². The molecule has 0 aliphatic carbocycles. The quantitative estimate of drug-likeness (QED) is 0.334. The summed E-state index contributed by atoms with van der Waals surface area (Å²) in [7, 11) is 1.63. The molecule has 3 aromatic carbocycles. The van der Waals surface area contributed by atoms with Gasteiger partial charge in [0.15, 0.2) is 0 Å². The highest BCUT2D eigenvalue weighted by atomic mass is 16.5. The number of anilines is 3. The Morgan fingerprint density at radius 3 is 2.42 bits per heavy atom. The van der Waals surface area contributed by atoms with Gasteiger partial charge in [-0.25, -0.2) is 9.97 Å². The molecule has 8 nitrogen and oxygen atoms in total. The van der Waals surface area contributed by atoms with E-state index in [0.717, 1.165) is 48.8 Å². The van der Waals surface area contributed by atoms with Gasteiger partial charge in [-0.2, -0.15) is 0 Å². The Morgan fingerprint density at radius 2 is 1.71 bits per heavy atom. The molecule has 8 heteroatoms. The fourth-order valence-corrected chi connectivity index (χ4v) is 4.39. The molecule has 0 unspecified atom stereocenters. The number of aromatic nitrogens is 2. The standard InChI is InChI=1S/C30H31N5O3/c1-37-21-28(22-5-3-2-4-6-22)33-29(36)24-9-7-23(8-10-24)27-15-16-31-30(34-27)32-25-11-13-26(14-12-25)35-17-19-38-20-18-35/h2-16,28H,17-21H2,1H3,(H,33,36)(H,31,32,34)/t28-/m0/s1. The van der Waals surface area contributed by atoms with Crippen molar-refractivity contribution in [3.8, 4) is 11.3 Å². The number of morpholine rings is 1. The van der Waals surface area contributed by atoms with Gasteiger partial charge in [0.05, 0.1) is 31.6 Å². The van der Waals surface area contributed by atoms with Crippen molar-refractivity contribution in [1.82, 2.24) is 15.3 Å². The third-order valence-electron chi connectivity index (χ3n) is 6.44. The highest BCUT2D eigenvalue weighted by Gasteiger charge is 2.16. The summed E-state index contributed by atoms with van der Waals surface area (Å²) in [6, 6.07) is 27.1. The summed E-state index contributed by atoms with van der Waals surface area (Å²) < 4.78 is 10.8. The number of benzene rings is 3. The van der Waals surface area contributed by atoms with Crippen LogP contribution in [0.3, 0.4) is 0 Å². The Bertz CT molecular complexity index is 1320. The van der Waals surface area contributed by atoms with E-state index in [0.29, 0.717) is 18.1 Å². The molecule has 1 aliphatic rings. The van der Waals surface area contributed by atoms with E-state index in [1.165, 1.54) is 5.69 Å². The average molecular weight is 510 g/mol. The van der Waals surface area contributed by atoms with Crippen molar-refractivity contribution in [3.05, 3.63) is 102 Å². The number of amides is 1. The third-order valence-corrected chi connectivity index (χ3v) is 6.44. The number of rotatable bonds is 9. The second-order valence-corrected chi connectivity index (χ2v) is 9.01. The van der Waals surface area contributed by atoms with Crippen LogP contribution in [0.4, 0.5) is 17.3 Å². The monoisotopic (exact) mass is 509 g/mol. The SMILES string of the molecule is COC[C@H](NC(=O)c1ccc(-c2ccnc(Nc3ccc(N4CCOCC4)cc3)n2)cc1)c1ccccc1. The van der Waals surface area contributed by atoms with Crippen LogP contribution >= 0.6 is 0 Å². The minimum absolute atomic E-state index is 0.159. The van der Waals surface area contributed by atoms with Crippen molar-refractivity contribution in [1.29, 1.82) is 0 Å². The molecule has 1 saturated heterocycles. The summed E-state index contributed by atoms with van der Waals surface area (Å²) in [5.41, 5.74) is 5.31. The lowest BCUT2D eigenvalue weighted by atomic mass is 10.1. The maximum Gasteiger partial charge on any atom is 0.251 e. The van der Waals surface area contributed by atoms with Gasteiger partial charge in [0.2, 0.25) is 5.95 Å². The number of hydrogen-bond donors (Lipinski definition) is 2. The van der Waals surface area contributed by atoms with Gasteiger partial charge in [-0.3, -0.25) is 4.79 Å². The Morgan fingerprint density at radius 1 is 0.974 bits per heavy atom. The van der Waals surface area contributed by atoms with E-state index in [1.807, 2.05) is 60.7 Å². The summed E-state index contributed by atoms with van der Waals surface area (Å²) in [6.07, 6.45) is 1.72. The lowest BCUT2D eigenvalue weighted by Crippen LogP contribution is -2.36. The normalized spacial score (nSPS) is 14.1. The maximum absolute atomic E-state index is 12.9. The number of hydrogen-bond acceptors (Lipinski definition) is 7. The van der Waals surface area contributed by atoms with Crippen LogP contribution in [0, 0.1) is 0 Å². The molecular formula is C30H31N5O3. The number of nitrogens with one attached hydrogen (secondary N) is 2. The van der Waals surface area contributed by atoms with Crippen LogP contribution in [0.25, 0.3) is 11.3 Å². The van der Waals surface area contributed by atoms with Crippen LogP contribution in [0.1, 0.15) is 22.0 Å². The highest BCUT2D eigenvalue weighted by molar-refractivity contribution is 5.95. The van der Waals surface area contributed by atoms with Gasteiger partial charge in [-0.15, -0.1) is 0 Å². The van der Waals surface area contributed by atoms with Gasteiger partial charge in [-0.1, -0.05) is 42.5 Å². The van der Waals surface area contributed by atoms with Gasteiger partial charge in [0.25, 0.3) is 5.91 Å². The van der Waals surface area contributed by atoms with Crippen molar-refractivity contribution in [2.24, 2.45) is 0 Å². The molecule has 5 rings (SSSR count). The molecule has 2 heterocycles. The molecule has 0 saturated carbocycles. The first-order valence-electron chi connectivity index (χ1n) is 12.7. The fraction of sp³-hybridized carbons (Fsp3) is 0.233. The van der Waals surface area contributed by atoms with E-state index < -0.39 is 0 Å². The van der Waals surface area contributed by atoms with E-state index in [9.17, 15) is 4.79 Å². The first-order valence-corrected chi connectivity index (χ1v) is 12.7. The van der Waals surface area contributed by atoms with Crippen molar-refractivity contribution >= 4 is 23.2 Å². The molecule has 1 aromatic heterocycles. The summed E-state index contributed by atoms with van der Waals surface area (Å²) in [4.78, 5) is 24.3. The molecule has 0 spiro atoms. The Labute approximate surface area is 222 Å². The fourth-order valence-electron chi connectivity index (χ4n) is 4.39. The molecule has 38 heavy (non-hydrogen) atoms. The molecule has 0 radical (unpaired) electrons. The Kier molecular flexibility index (Phi) is 8.23. The van der Waals surface area contributed by atoms with Crippen molar-refractivity contribution < 1.29 is 14.3 Å². The number of methoxy groups -OCH3 is 1. The molecule has 0 bridgehead atoms. The van der Waals surface area contributed by atoms with E-state index in [1.54, 1.807) is 25.4 Å². The van der Waals surface area contributed by atoms with Gasteiger partial charge < -0.3 is 25.0 Å². The van der Waals surface area contributed by atoms with Crippen LogP contribution in [0.2, 0.25) is 0 Å². The average Bonchev–Trinajstić information content (AvgIpc) is 2.98. The smallest absolute Gasteiger partial charge is 0.251 e. The van der Waals surface area contributed by atoms with Crippen molar-refractivity contribution in [2.45, 2.75) is 6.04 Å². The number of ether oxygens (including phenoxy) is 2. The summed E-state index contributed by atoms with van der Waals surface area (Å²) in [6.45, 7) is 3.71. The molecule has 1 atom stereocenters. The van der Waals surface area contributed by atoms with E-state index in [4.69, 9.17) is 9.47 Å². The minimum Gasteiger partial charge on any atom is -0.382 e. The predicted octanol–water partition coefficient (Wildman–Crippen LogP) is 4.84. The van der Waals surface area contributed by atoms with E-state index >= 15 is 0 Å². The minimum atomic E-state index is -0.230. The van der Waals surface area contributed by atoms with Crippen LogP contribution in [-0.4, -0.2) is 55.9 Å². The zero-order valence-electron chi connectivity index (χ0n) is 21.3. The summed E-state index contributed by atoms with van der Waals surface area (Å²) in [5.74, 6) is 0.349. The molecular weight excluding hydrogens is 478 g/mol. The Balaban J connectivity index is 1.24. The van der Waals surface area contributed by atoms with Gasteiger partial charge in [-0.05, 0) is 48.0 Å². The first-order chi connectivity index (χ1) is 18.7. The molecule has 1 fully saturated rings. The largest absolute Gasteiger partial charge is 0.382 e. The summed E-state index contributed by atoms with van der Waals surface area (Å²) >= 11 is 0. The molecule has 1 aliphatic heterocycles. The Hall–Kier alpha value is -4.27. The lowest BCUT2D eigenvalue weighted by Gasteiger charge is -2.28. The second-order valence-electron chi connectivity index (χ2n) is 9.01. The topological polar surface area (TPSA) is 88.6 Å². The zero-order valence-corrected chi connectivity index (χ0v) is 21.3. The number of carbonyl (C=O) groups is 1. The first kappa shape index (κ1) is 25.4. The zero-order chi connectivity index (χ0) is 26.2. The predicted molar refractivity (Wildman–Crippen MR) is 149 cm³/mol. The maximum atomic E-state index is 12.9. The van der Waals surface area contributed by atoms with Crippen LogP contribution in [0.5, 0.6) is 0 Å². The molecule has 1 amide bonds. The summed E-state index contributed by atoms with van der Waals surface area (Å²) in [5, 5.41) is 6.34. The molecule has 4 aromatic rings. The van der Waals surface area contributed by atoms with Gasteiger partial charge in [0.1, 0.15) is 0 Å². The van der Waals surface area contributed by atoms with Crippen LogP contribution < -0.4 is 15.5 Å². The molecule has 194 valence electrons. The highest BCUT2D eigenvalue weighted by Crippen LogP contribution is 2.23.